The molecule has 1 fully saturated rings. The Labute approximate surface area is 195 Å². The van der Waals surface area contributed by atoms with Gasteiger partial charge in [0.15, 0.2) is 11.5 Å². The predicted octanol–water partition coefficient (Wildman–Crippen LogP) is 4.14. The number of benzene rings is 2. The third kappa shape index (κ3) is 5.93. The molecule has 170 valence electrons. The predicted molar refractivity (Wildman–Crippen MR) is 122 cm³/mol. The van der Waals surface area contributed by atoms with Crippen molar-refractivity contribution < 1.29 is 28.6 Å². The van der Waals surface area contributed by atoms with Crippen molar-refractivity contribution in [2.75, 3.05) is 19.8 Å². The van der Waals surface area contributed by atoms with Gasteiger partial charge in [0.05, 0.1) is 29.8 Å². The van der Waals surface area contributed by atoms with Gasteiger partial charge >= 0.3 is 5.97 Å². The van der Waals surface area contributed by atoms with Crippen LogP contribution in [0.1, 0.15) is 30.5 Å². The molecule has 3 rings (SSSR count). The molecule has 0 radical (unpaired) electrons. The van der Waals surface area contributed by atoms with Crippen LogP contribution in [-0.2, 0) is 20.9 Å². The number of ether oxygens (including phenoxy) is 3. The summed E-state index contributed by atoms with van der Waals surface area (Å²) in [6, 6.07) is 14.4. The van der Waals surface area contributed by atoms with Crippen molar-refractivity contribution in [3.63, 3.8) is 0 Å². The summed E-state index contributed by atoms with van der Waals surface area (Å²) < 4.78 is 16.4. The number of carbonyl (C=O) groups is 3. The van der Waals surface area contributed by atoms with Crippen LogP contribution in [-0.4, -0.2) is 41.8 Å². The van der Waals surface area contributed by atoms with Gasteiger partial charge in [-0.25, -0.2) is 0 Å². The number of imide groups is 1. The first kappa shape index (κ1) is 23.9. The second kappa shape index (κ2) is 11.2. The lowest BCUT2D eigenvalue weighted by molar-refractivity contribution is -0.145. The summed E-state index contributed by atoms with van der Waals surface area (Å²) in [5.41, 5.74) is 1.91. The van der Waals surface area contributed by atoms with E-state index in [-0.39, 0.29) is 18.1 Å². The Morgan fingerprint density at radius 2 is 1.88 bits per heavy atom. The molecule has 0 saturated carbocycles. The number of nitriles is 1. The standard InChI is InChI=1S/C24H22N2O6S/c1-3-30-20-11-16(9-10-19(20)32-15-18-8-6-5-7-17(18)13-25)12-21-23(28)26(24(29)33-21)14-22(27)31-4-2/h5-12H,3-4,14-15H2,1-2H3/b21-12-. The summed E-state index contributed by atoms with van der Waals surface area (Å²) in [5.74, 6) is -0.243. The molecule has 0 N–H and O–H groups in total. The van der Waals surface area contributed by atoms with Gasteiger partial charge in [0.2, 0.25) is 0 Å². The number of hydrogen-bond donors (Lipinski definition) is 0. The molecule has 2 amide bonds. The fraction of sp³-hybridized carbons (Fsp3) is 0.250. The van der Waals surface area contributed by atoms with Crippen molar-refractivity contribution >= 4 is 35.0 Å². The van der Waals surface area contributed by atoms with Gasteiger partial charge in [-0.2, -0.15) is 5.26 Å². The fourth-order valence-electron chi connectivity index (χ4n) is 3.04. The number of rotatable bonds is 9. The summed E-state index contributed by atoms with van der Waals surface area (Å²) >= 11 is 0.760. The summed E-state index contributed by atoms with van der Waals surface area (Å²) in [6.07, 6.45) is 1.56. The highest BCUT2D eigenvalue weighted by Crippen LogP contribution is 2.35. The van der Waals surface area contributed by atoms with Crippen molar-refractivity contribution in [3.05, 3.63) is 64.1 Å². The Kier molecular flexibility index (Phi) is 8.11. The lowest BCUT2D eigenvalue weighted by Gasteiger charge is -2.13. The molecule has 1 aliphatic rings. The van der Waals surface area contributed by atoms with Crippen molar-refractivity contribution in [1.29, 1.82) is 5.26 Å². The van der Waals surface area contributed by atoms with Crippen molar-refractivity contribution in [3.8, 4) is 17.6 Å². The number of thioether (sulfide) groups is 1. The molecule has 33 heavy (non-hydrogen) atoms. The molecule has 1 heterocycles. The molecule has 8 nitrogen and oxygen atoms in total. The Balaban J connectivity index is 1.78. The highest BCUT2D eigenvalue weighted by molar-refractivity contribution is 8.18. The minimum atomic E-state index is -0.640. The minimum Gasteiger partial charge on any atom is -0.490 e. The third-order valence-corrected chi connectivity index (χ3v) is 5.46. The first-order chi connectivity index (χ1) is 16.0. The molecule has 0 bridgehead atoms. The minimum absolute atomic E-state index is 0.168. The number of amides is 2. The van der Waals surface area contributed by atoms with Gasteiger partial charge < -0.3 is 14.2 Å². The maximum Gasteiger partial charge on any atom is 0.326 e. The quantitative estimate of drug-likeness (QED) is 0.401. The Morgan fingerprint density at radius 1 is 1.09 bits per heavy atom. The average Bonchev–Trinajstić information content (AvgIpc) is 3.06. The third-order valence-electron chi connectivity index (χ3n) is 4.55. The summed E-state index contributed by atoms with van der Waals surface area (Å²) in [5, 5.41) is 8.71. The highest BCUT2D eigenvalue weighted by Gasteiger charge is 2.36. The zero-order valence-corrected chi connectivity index (χ0v) is 19.0. The van der Waals surface area contributed by atoms with E-state index in [2.05, 4.69) is 6.07 Å². The molecule has 1 aliphatic heterocycles. The van der Waals surface area contributed by atoms with Crippen LogP contribution in [0.4, 0.5) is 4.79 Å². The maximum absolute atomic E-state index is 12.6. The summed E-state index contributed by atoms with van der Waals surface area (Å²) in [7, 11) is 0. The Bertz CT molecular complexity index is 1140. The Hall–Kier alpha value is -3.77. The molecule has 9 heteroatoms. The first-order valence-electron chi connectivity index (χ1n) is 10.3. The van der Waals surface area contributed by atoms with E-state index in [1.165, 1.54) is 0 Å². The normalized spacial score (nSPS) is 14.3. The van der Waals surface area contributed by atoms with E-state index in [9.17, 15) is 19.6 Å². The SMILES string of the molecule is CCOC(=O)CN1C(=O)S/C(=C\c2ccc(OCc3ccccc3C#N)c(OCC)c2)C1=O. The monoisotopic (exact) mass is 466 g/mol. The summed E-state index contributed by atoms with van der Waals surface area (Å²) in [6.45, 7) is 3.82. The number of carbonyl (C=O) groups excluding carboxylic acids is 3. The van der Waals surface area contributed by atoms with E-state index in [0.29, 0.717) is 29.2 Å². The van der Waals surface area contributed by atoms with E-state index in [1.54, 1.807) is 43.3 Å². The van der Waals surface area contributed by atoms with Crippen LogP contribution in [0, 0.1) is 11.3 Å². The van der Waals surface area contributed by atoms with E-state index < -0.39 is 23.7 Å². The molecule has 0 atom stereocenters. The van der Waals surface area contributed by atoms with E-state index >= 15 is 0 Å². The molecule has 2 aromatic rings. The van der Waals surface area contributed by atoms with Crippen LogP contribution in [0.5, 0.6) is 11.5 Å². The van der Waals surface area contributed by atoms with E-state index in [0.717, 1.165) is 22.2 Å². The lowest BCUT2D eigenvalue weighted by atomic mass is 10.1. The van der Waals surface area contributed by atoms with Crippen molar-refractivity contribution in [1.82, 2.24) is 4.90 Å². The van der Waals surface area contributed by atoms with Crippen LogP contribution in [0.3, 0.4) is 0 Å². The van der Waals surface area contributed by atoms with Crippen molar-refractivity contribution in [2.45, 2.75) is 20.5 Å². The molecule has 1 saturated heterocycles. The number of esters is 1. The average molecular weight is 467 g/mol. The molecule has 2 aromatic carbocycles. The zero-order valence-electron chi connectivity index (χ0n) is 18.2. The zero-order chi connectivity index (χ0) is 23.8. The van der Waals surface area contributed by atoms with Gasteiger partial charge in [0, 0.05) is 5.56 Å². The van der Waals surface area contributed by atoms with Gasteiger partial charge in [-0.3, -0.25) is 19.3 Å². The smallest absolute Gasteiger partial charge is 0.326 e. The number of hydrogen-bond acceptors (Lipinski definition) is 8. The summed E-state index contributed by atoms with van der Waals surface area (Å²) in [4.78, 5) is 37.5. The largest absolute Gasteiger partial charge is 0.490 e. The van der Waals surface area contributed by atoms with Crippen molar-refractivity contribution in [2.24, 2.45) is 0 Å². The van der Waals surface area contributed by atoms with E-state index in [4.69, 9.17) is 14.2 Å². The lowest BCUT2D eigenvalue weighted by Crippen LogP contribution is -2.34. The van der Waals surface area contributed by atoms with E-state index in [1.807, 2.05) is 19.1 Å². The molecular formula is C24H22N2O6S. The Morgan fingerprint density at radius 3 is 2.61 bits per heavy atom. The molecular weight excluding hydrogens is 444 g/mol. The first-order valence-corrected chi connectivity index (χ1v) is 11.1. The van der Waals surface area contributed by atoms with Gasteiger partial charge in [-0.15, -0.1) is 0 Å². The fourth-order valence-corrected chi connectivity index (χ4v) is 3.87. The van der Waals surface area contributed by atoms with Gasteiger partial charge in [-0.1, -0.05) is 24.3 Å². The highest BCUT2D eigenvalue weighted by atomic mass is 32.2. The van der Waals surface area contributed by atoms with Crippen LogP contribution in [0.25, 0.3) is 6.08 Å². The topological polar surface area (TPSA) is 106 Å². The number of nitrogens with zero attached hydrogens (tertiary/aromatic N) is 2. The van der Waals surface area contributed by atoms with Gasteiger partial charge in [0.25, 0.3) is 11.1 Å². The van der Waals surface area contributed by atoms with Crippen LogP contribution in [0.15, 0.2) is 47.4 Å². The van der Waals surface area contributed by atoms with Crippen LogP contribution < -0.4 is 9.47 Å². The van der Waals surface area contributed by atoms with Crippen LogP contribution in [0.2, 0.25) is 0 Å². The molecule has 0 unspecified atom stereocenters. The van der Waals surface area contributed by atoms with Crippen LogP contribution >= 0.6 is 11.8 Å². The molecule has 0 spiro atoms. The molecule has 0 aliphatic carbocycles. The maximum atomic E-state index is 12.6. The second-order valence-corrected chi connectivity index (χ2v) is 7.76. The molecule has 0 aromatic heterocycles. The second-order valence-electron chi connectivity index (χ2n) is 6.77. The van der Waals surface area contributed by atoms with Gasteiger partial charge in [-0.05, 0) is 55.4 Å². The van der Waals surface area contributed by atoms with Gasteiger partial charge in [0.1, 0.15) is 13.2 Å².